The minimum Gasteiger partial charge on any atom is -0.379 e. The molecule has 1 aromatic heterocycles. The van der Waals surface area contributed by atoms with Crippen LogP contribution in [-0.4, -0.2) is 48.0 Å². The Morgan fingerprint density at radius 3 is 2.94 bits per heavy atom. The predicted octanol–water partition coefficient (Wildman–Crippen LogP) is 2.03. The van der Waals surface area contributed by atoms with Gasteiger partial charge in [-0.1, -0.05) is 11.6 Å². The van der Waals surface area contributed by atoms with Crippen LogP contribution in [-0.2, 0) is 4.74 Å². The van der Waals surface area contributed by atoms with E-state index in [-0.39, 0.29) is 17.0 Å². The molecule has 0 aromatic carbocycles. The van der Waals surface area contributed by atoms with Crippen molar-refractivity contribution in [3.8, 4) is 0 Å². The highest BCUT2D eigenvalue weighted by atomic mass is 35.5. The summed E-state index contributed by atoms with van der Waals surface area (Å²) in [4.78, 5) is 18.3. The molecule has 1 saturated heterocycles. The number of carbonyl (C=O) groups is 1. The Bertz CT molecular complexity index is 419. The van der Waals surface area contributed by atoms with E-state index in [1.807, 2.05) is 0 Å². The van der Waals surface area contributed by atoms with E-state index in [0.717, 1.165) is 26.3 Å². The number of aromatic nitrogens is 1. The lowest BCUT2D eigenvalue weighted by Crippen LogP contribution is -2.43. The second-order valence-electron chi connectivity index (χ2n) is 4.47. The molecule has 2 heterocycles. The summed E-state index contributed by atoms with van der Waals surface area (Å²) in [5.74, 6) is 0.0482. The number of halogens is 1. The Hall–Kier alpha value is -0.970. The molecule has 0 amide bonds. The molecule has 1 fully saturated rings. The fraction of sp³-hybridized carbons (Fsp3) is 0.538. The van der Waals surface area contributed by atoms with Gasteiger partial charge in [-0.25, -0.2) is 4.98 Å². The third-order valence-electron chi connectivity index (χ3n) is 3.21. The lowest BCUT2D eigenvalue weighted by Gasteiger charge is -2.31. The molecular formula is C13H17ClN2O2. The molecule has 1 aliphatic rings. The van der Waals surface area contributed by atoms with Gasteiger partial charge in [-0.3, -0.25) is 9.69 Å². The van der Waals surface area contributed by atoms with Gasteiger partial charge in [-0.2, -0.15) is 0 Å². The third kappa shape index (κ3) is 3.28. The van der Waals surface area contributed by atoms with E-state index in [0.29, 0.717) is 12.0 Å². The molecule has 1 aliphatic heterocycles. The number of ketones is 1. The molecule has 0 radical (unpaired) electrons. The Morgan fingerprint density at radius 1 is 1.56 bits per heavy atom. The number of hydrogen-bond acceptors (Lipinski definition) is 4. The van der Waals surface area contributed by atoms with Gasteiger partial charge in [-0.05, 0) is 19.1 Å². The van der Waals surface area contributed by atoms with Crippen molar-refractivity contribution in [3.05, 3.63) is 29.0 Å². The predicted molar refractivity (Wildman–Crippen MR) is 70.0 cm³/mol. The summed E-state index contributed by atoms with van der Waals surface area (Å²) in [6, 6.07) is 3.67. The molecule has 1 unspecified atom stereocenters. The van der Waals surface area contributed by atoms with E-state index in [1.165, 1.54) is 0 Å². The lowest BCUT2D eigenvalue weighted by molar-refractivity contribution is 0.0188. The quantitative estimate of drug-likeness (QED) is 0.619. The summed E-state index contributed by atoms with van der Waals surface area (Å²) in [5, 5.41) is 0.289. The van der Waals surface area contributed by atoms with Crippen LogP contribution < -0.4 is 0 Å². The number of carbonyl (C=O) groups excluding carboxylic acids is 1. The second-order valence-corrected chi connectivity index (χ2v) is 4.82. The van der Waals surface area contributed by atoms with Crippen LogP contribution in [0.4, 0.5) is 0 Å². The summed E-state index contributed by atoms with van der Waals surface area (Å²) in [6.07, 6.45) is 2.05. The van der Waals surface area contributed by atoms with Crippen molar-refractivity contribution in [2.24, 2.45) is 0 Å². The van der Waals surface area contributed by atoms with Crippen molar-refractivity contribution in [2.45, 2.75) is 19.4 Å². The number of rotatable bonds is 4. The largest absolute Gasteiger partial charge is 0.379 e. The topological polar surface area (TPSA) is 42.4 Å². The molecule has 5 heteroatoms. The molecule has 4 nitrogen and oxygen atoms in total. The number of ether oxygens (including phenoxy) is 1. The van der Waals surface area contributed by atoms with Crippen molar-refractivity contribution in [3.63, 3.8) is 0 Å². The van der Waals surface area contributed by atoms with E-state index in [2.05, 4.69) is 16.8 Å². The van der Waals surface area contributed by atoms with Gasteiger partial charge in [0.2, 0.25) is 0 Å². The molecule has 98 valence electrons. The van der Waals surface area contributed by atoms with Gasteiger partial charge in [-0.15, -0.1) is 0 Å². The van der Waals surface area contributed by atoms with Gasteiger partial charge in [0.25, 0.3) is 0 Å². The maximum Gasteiger partial charge on any atom is 0.167 e. The van der Waals surface area contributed by atoms with Crippen LogP contribution in [0.25, 0.3) is 0 Å². The van der Waals surface area contributed by atoms with Crippen LogP contribution in [0.5, 0.6) is 0 Å². The average molecular weight is 269 g/mol. The van der Waals surface area contributed by atoms with Gasteiger partial charge >= 0.3 is 0 Å². The fourth-order valence-corrected chi connectivity index (χ4v) is 2.34. The first kappa shape index (κ1) is 13.5. The highest BCUT2D eigenvalue weighted by Crippen LogP contribution is 2.16. The third-order valence-corrected chi connectivity index (χ3v) is 3.51. The van der Waals surface area contributed by atoms with E-state index in [9.17, 15) is 4.79 Å². The van der Waals surface area contributed by atoms with Crippen LogP contribution in [0.2, 0.25) is 5.15 Å². The molecule has 0 bridgehead atoms. The number of pyridine rings is 1. The van der Waals surface area contributed by atoms with Crippen molar-refractivity contribution >= 4 is 17.4 Å². The zero-order valence-electron chi connectivity index (χ0n) is 10.4. The zero-order valence-corrected chi connectivity index (χ0v) is 11.2. The summed E-state index contributed by atoms with van der Waals surface area (Å²) in [6.45, 7) is 5.32. The van der Waals surface area contributed by atoms with E-state index >= 15 is 0 Å². The smallest absolute Gasteiger partial charge is 0.167 e. The van der Waals surface area contributed by atoms with E-state index in [1.54, 1.807) is 18.3 Å². The minimum atomic E-state index is 0.0482. The maximum absolute atomic E-state index is 12.1. The first-order chi connectivity index (χ1) is 8.68. The second kappa shape index (κ2) is 6.27. The normalized spacial score (nSPS) is 18.6. The van der Waals surface area contributed by atoms with Gasteiger partial charge in [0, 0.05) is 31.7 Å². The first-order valence-corrected chi connectivity index (χ1v) is 6.52. The van der Waals surface area contributed by atoms with Gasteiger partial charge < -0.3 is 4.74 Å². The monoisotopic (exact) mass is 268 g/mol. The fourth-order valence-electron chi connectivity index (χ4n) is 2.12. The number of morpholine rings is 1. The molecule has 0 saturated carbocycles. The summed E-state index contributed by atoms with van der Waals surface area (Å²) >= 11 is 5.92. The number of Topliss-reactive ketones (excluding diaryl/α,β-unsaturated/α-hetero) is 1. The summed E-state index contributed by atoms with van der Waals surface area (Å²) < 4.78 is 5.30. The van der Waals surface area contributed by atoms with Crippen LogP contribution in [0.3, 0.4) is 0 Å². The number of hydrogen-bond donors (Lipinski definition) is 0. The Kier molecular flexibility index (Phi) is 4.69. The average Bonchev–Trinajstić information content (AvgIpc) is 2.40. The van der Waals surface area contributed by atoms with Crippen molar-refractivity contribution in [1.82, 2.24) is 9.88 Å². The van der Waals surface area contributed by atoms with Crippen molar-refractivity contribution < 1.29 is 9.53 Å². The Morgan fingerprint density at radius 2 is 2.28 bits per heavy atom. The van der Waals surface area contributed by atoms with Crippen molar-refractivity contribution in [2.75, 3.05) is 26.3 Å². The van der Waals surface area contributed by atoms with Gasteiger partial charge in [0.15, 0.2) is 5.78 Å². The van der Waals surface area contributed by atoms with Crippen molar-refractivity contribution in [1.29, 1.82) is 0 Å². The van der Waals surface area contributed by atoms with E-state index < -0.39 is 0 Å². The SMILES string of the molecule is CC(CC(=O)c1cccnc1Cl)N1CCOCC1. The maximum atomic E-state index is 12.1. The zero-order chi connectivity index (χ0) is 13.0. The summed E-state index contributed by atoms with van der Waals surface area (Å²) in [5.41, 5.74) is 0.513. The molecule has 2 rings (SSSR count). The molecule has 0 N–H and O–H groups in total. The Balaban J connectivity index is 1.96. The van der Waals surface area contributed by atoms with E-state index in [4.69, 9.17) is 16.3 Å². The number of nitrogens with zero attached hydrogens (tertiary/aromatic N) is 2. The van der Waals surface area contributed by atoms with Gasteiger partial charge in [0.1, 0.15) is 5.15 Å². The van der Waals surface area contributed by atoms with Crippen LogP contribution in [0.15, 0.2) is 18.3 Å². The highest BCUT2D eigenvalue weighted by molar-refractivity contribution is 6.32. The Labute approximate surface area is 112 Å². The molecule has 1 aromatic rings. The highest BCUT2D eigenvalue weighted by Gasteiger charge is 2.21. The lowest BCUT2D eigenvalue weighted by atomic mass is 10.0. The molecule has 0 aliphatic carbocycles. The molecule has 1 atom stereocenters. The first-order valence-electron chi connectivity index (χ1n) is 6.14. The van der Waals surface area contributed by atoms with Gasteiger partial charge in [0.05, 0.1) is 18.8 Å². The molecular weight excluding hydrogens is 252 g/mol. The standard InChI is InChI=1S/C13H17ClN2O2/c1-10(16-5-7-18-8-6-16)9-12(17)11-3-2-4-15-13(11)14/h2-4,10H,5-9H2,1H3. The minimum absolute atomic E-state index is 0.0482. The van der Waals surface area contributed by atoms with Crippen LogP contribution in [0, 0.1) is 0 Å². The molecule has 0 spiro atoms. The van der Waals surface area contributed by atoms with Crippen LogP contribution >= 0.6 is 11.6 Å². The van der Waals surface area contributed by atoms with Crippen LogP contribution in [0.1, 0.15) is 23.7 Å². The molecule has 18 heavy (non-hydrogen) atoms. The summed E-state index contributed by atoms with van der Waals surface area (Å²) in [7, 11) is 0.